The van der Waals surface area contributed by atoms with Crippen molar-refractivity contribution in [2.24, 2.45) is 0 Å². The van der Waals surface area contributed by atoms with Crippen LogP contribution in [0.5, 0.6) is 0 Å². The van der Waals surface area contributed by atoms with Crippen LogP contribution in [0.1, 0.15) is 15.9 Å². The number of nitrogens with zero attached hydrogens (tertiary/aromatic N) is 2. The highest BCUT2D eigenvalue weighted by Gasteiger charge is 2.23. The van der Waals surface area contributed by atoms with E-state index in [4.69, 9.17) is 11.6 Å². The van der Waals surface area contributed by atoms with E-state index in [1.165, 1.54) is 12.1 Å². The molecule has 0 atom stereocenters. The lowest BCUT2D eigenvalue weighted by atomic mass is 10.1. The summed E-state index contributed by atoms with van der Waals surface area (Å²) < 4.78 is 27.9. The number of hydrogen-bond donors (Lipinski definition) is 2. The number of aromatic carboxylic acids is 1. The first-order valence-electron chi connectivity index (χ1n) is 8.78. The molecule has 0 spiro atoms. The standard InChI is InChI=1S/C19H22ClN3O4S/c1-13-16(20)4-3-5-18(13)28(26,27)21-14-6-7-17(15(12-14)19(24)25)23-10-8-22(2)9-11-23/h3-7,12,21H,8-11H2,1-2H3,(H,24,25). The monoisotopic (exact) mass is 423 g/mol. The molecule has 0 bridgehead atoms. The van der Waals surface area contributed by atoms with Gasteiger partial charge in [0.2, 0.25) is 0 Å². The van der Waals surface area contributed by atoms with E-state index in [-0.39, 0.29) is 16.1 Å². The minimum atomic E-state index is -3.90. The largest absolute Gasteiger partial charge is 0.478 e. The molecule has 1 aliphatic rings. The zero-order valence-corrected chi connectivity index (χ0v) is 17.2. The van der Waals surface area contributed by atoms with Gasteiger partial charge < -0.3 is 14.9 Å². The van der Waals surface area contributed by atoms with E-state index in [0.29, 0.717) is 29.4 Å². The van der Waals surface area contributed by atoms with Crippen LogP contribution in [0, 0.1) is 6.92 Å². The number of likely N-dealkylation sites (N-methyl/N-ethyl adjacent to an activating group) is 1. The second-order valence-electron chi connectivity index (χ2n) is 6.80. The van der Waals surface area contributed by atoms with E-state index < -0.39 is 16.0 Å². The molecule has 1 heterocycles. The highest BCUT2D eigenvalue weighted by atomic mass is 35.5. The summed E-state index contributed by atoms with van der Waals surface area (Å²) in [6.07, 6.45) is 0. The highest BCUT2D eigenvalue weighted by Crippen LogP contribution is 2.28. The topological polar surface area (TPSA) is 90.0 Å². The first-order chi connectivity index (χ1) is 13.2. The molecular formula is C19H22ClN3O4S. The van der Waals surface area contributed by atoms with Gasteiger partial charge >= 0.3 is 5.97 Å². The second-order valence-corrected chi connectivity index (χ2v) is 8.85. The molecule has 7 nitrogen and oxygen atoms in total. The van der Waals surface area contributed by atoms with Crippen molar-refractivity contribution in [2.45, 2.75) is 11.8 Å². The van der Waals surface area contributed by atoms with Crippen molar-refractivity contribution in [3.05, 3.63) is 52.5 Å². The predicted octanol–water partition coefficient (Wildman–Crippen LogP) is 2.90. The molecule has 28 heavy (non-hydrogen) atoms. The van der Waals surface area contributed by atoms with Gasteiger partial charge in [0.15, 0.2) is 0 Å². The molecule has 1 fully saturated rings. The number of rotatable bonds is 5. The molecular weight excluding hydrogens is 402 g/mol. The van der Waals surface area contributed by atoms with Gasteiger partial charge in [-0.25, -0.2) is 13.2 Å². The van der Waals surface area contributed by atoms with Gasteiger partial charge in [0, 0.05) is 36.9 Å². The van der Waals surface area contributed by atoms with Crippen molar-refractivity contribution >= 4 is 39.0 Å². The maximum Gasteiger partial charge on any atom is 0.337 e. The van der Waals surface area contributed by atoms with Gasteiger partial charge in [-0.05, 0) is 49.9 Å². The van der Waals surface area contributed by atoms with Gasteiger partial charge in [-0.15, -0.1) is 0 Å². The lowest BCUT2D eigenvalue weighted by Gasteiger charge is -2.34. The Labute approximate surface area is 169 Å². The van der Waals surface area contributed by atoms with Crippen molar-refractivity contribution in [2.75, 3.05) is 42.8 Å². The average molecular weight is 424 g/mol. The summed E-state index contributed by atoms with van der Waals surface area (Å²) in [5.41, 5.74) is 1.27. The smallest absolute Gasteiger partial charge is 0.337 e. The maximum atomic E-state index is 12.7. The van der Waals surface area contributed by atoms with E-state index in [0.717, 1.165) is 13.1 Å². The van der Waals surface area contributed by atoms with Crippen LogP contribution in [-0.2, 0) is 10.0 Å². The minimum Gasteiger partial charge on any atom is -0.478 e. The Morgan fingerprint density at radius 1 is 1.14 bits per heavy atom. The molecule has 0 radical (unpaired) electrons. The third-order valence-corrected chi connectivity index (χ3v) is 6.77. The Morgan fingerprint density at radius 3 is 2.46 bits per heavy atom. The van der Waals surface area contributed by atoms with Gasteiger partial charge in [0.25, 0.3) is 10.0 Å². The predicted molar refractivity (Wildman–Crippen MR) is 110 cm³/mol. The lowest BCUT2D eigenvalue weighted by Crippen LogP contribution is -2.45. The van der Waals surface area contributed by atoms with E-state index >= 15 is 0 Å². The van der Waals surface area contributed by atoms with Crippen LogP contribution >= 0.6 is 11.6 Å². The van der Waals surface area contributed by atoms with Crippen LogP contribution in [0.4, 0.5) is 11.4 Å². The zero-order valence-electron chi connectivity index (χ0n) is 15.6. The van der Waals surface area contributed by atoms with E-state index in [1.807, 2.05) is 11.9 Å². The Balaban J connectivity index is 1.92. The fourth-order valence-corrected chi connectivity index (χ4v) is 4.73. The van der Waals surface area contributed by atoms with Crippen molar-refractivity contribution in [1.29, 1.82) is 0 Å². The second kappa shape index (κ2) is 7.98. The summed E-state index contributed by atoms with van der Waals surface area (Å²) in [5.74, 6) is -1.10. The summed E-state index contributed by atoms with van der Waals surface area (Å²) in [4.78, 5) is 16.0. The molecule has 9 heteroatoms. The van der Waals surface area contributed by atoms with Crippen LogP contribution in [0.3, 0.4) is 0 Å². The third-order valence-electron chi connectivity index (χ3n) is 4.83. The minimum absolute atomic E-state index is 0.0556. The Bertz CT molecular complexity index is 1000. The van der Waals surface area contributed by atoms with Gasteiger partial charge in [0.05, 0.1) is 16.1 Å². The van der Waals surface area contributed by atoms with Crippen LogP contribution in [0.2, 0.25) is 5.02 Å². The van der Waals surface area contributed by atoms with Crippen LogP contribution in [-0.4, -0.2) is 57.6 Å². The molecule has 2 aromatic rings. The molecule has 2 aromatic carbocycles. The number of anilines is 2. The summed E-state index contributed by atoms with van der Waals surface area (Å²) in [7, 11) is -1.88. The first kappa shape index (κ1) is 20.4. The molecule has 3 rings (SSSR count). The SMILES string of the molecule is Cc1c(Cl)cccc1S(=O)(=O)Nc1ccc(N2CCN(C)CC2)c(C(=O)O)c1. The van der Waals surface area contributed by atoms with E-state index in [9.17, 15) is 18.3 Å². The molecule has 1 saturated heterocycles. The normalized spacial score (nSPS) is 15.5. The van der Waals surface area contributed by atoms with Gasteiger partial charge in [-0.2, -0.15) is 0 Å². The third kappa shape index (κ3) is 4.24. The summed E-state index contributed by atoms with van der Waals surface area (Å²) in [5, 5.41) is 9.98. The molecule has 1 aliphatic heterocycles. The number of carboxylic acid groups (broad SMARTS) is 1. The van der Waals surface area contributed by atoms with Crippen molar-refractivity contribution < 1.29 is 18.3 Å². The number of hydrogen-bond acceptors (Lipinski definition) is 5. The molecule has 0 saturated carbocycles. The average Bonchev–Trinajstić information content (AvgIpc) is 2.64. The van der Waals surface area contributed by atoms with Crippen molar-refractivity contribution in [1.82, 2.24) is 4.90 Å². The summed E-state index contributed by atoms with van der Waals surface area (Å²) >= 11 is 6.03. The van der Waals surface area contributed by atoms with E-state index in [2.05, 4.69) is 9.62 Å². The first-order valence-corrected chi connectivity index (χ1v) is 10.6. The fraction of sp³-hybridized carbons (Fsp3) is 0.316. The van der Waals surface area contributed by atoms with Crippen molar-refractivity contribution in [3.8, 4) is 0 Å². The van der Waals surface area contributed by atoms with Gasteiger partial charge in [-0.3, -0.25) is 4.72 Å². The van der Waals surface area contributed by atoms with Crippen LogP contribution < -0.4 is 9.62 Å². The van der Waals surface area contributed by atoms with Gasteiger partial charge in [0.1, 0.15) is 0 Å². The van der Waals surface area contributed by atoms with Crippen molar-refractivity contribution in [3.63, 3.8) is 0 Å². The molecule has 2 N–H and O–H groups in total. The van der Waals surface area contributed by atoms with Gasteiger partial charge in [-0.1, -0.05) is 17.7 Å². The number of nitrogens with one attached hydrogen (secondary N) is 1. The number of piperazine rings is 1. The molecule has 0 amide bonds. The Kier molecular flexibility index (Phi) is 5.83. The Morgan fingerprint density at radius 2 is 1.82 bits per heavy atom. The van der Waals surface area contributed by atoms with Crippen LogP contribution in [0.25, 0.3) is 0 Å². The summed E-state index contributed by atoms with van der Waals surface area (Å²) in [6, 6.07) is 9.22. The van der Waals surface area contributed by atoms with E-state index in [1.54, 1.807) is 31.2 Å². The fourth-order valence-electron chi connectivity index (χ4n) is 3.18. The number of carboxylic acids is 1. The number of halogens is 1. The quantitative estimate of drug-likeness (QED) is 0.768. The molecule has 0 unspecified atom stereocenters. The lowest BCUT2D eigenvalue weighted by molar-refractivity contribution is 0.0697. The molecule has 150 valence electrons. The zero-order chi connectivity index (χ0) is 20.5. The maximum absolute atomic E-state index is 12.7. The number of sulfonamides is 1. The number of carbonyl (C=O) groups is 1. The summed E-state index contributed by atoms with van der Waals surface area (Å²) in [6.45, 7) is 4.71. The number of benzene rings is 2. The molecule has 0 aliphatic carbocycles. The Hall–Kier alpha value is -2.29. The van der Waals surface area contributed by atoms with Crippen LogP contribution in [0.15, 0.2) is 41.3 Å². The highest BCUT2D eigenvalue weighted by molar-refractivity contribution is 7.92. The molecule has 0 aromatic heterocycles.